The van der Waals surface area contributed by atoms with Gasteiger partial charge in [0.05, 0.1) is 12.5 Å². The lowest BCUT2D eigenvalue weighted by molar-refractivity contribution is -0.376. The van der Waals surface area contributed by atoms with Gasteiger partial charge < -0.3 is 34.6 Å². The van der Waals surface area contributed by atoms with Gasteiger partial charge in [-0.25, -0.2) is 4.39 Å². The highest BCUT2D eigenvalue weighted by Gasteiger charge is 2.52. The van der Waals surface area contributed by atoms with Gasteiger partial charge in [-0.3, -0.25) is 4.79 Å². The van der Waals surface area contributed by atoms with Crippen molar-refractivity contribution in [1.82, 2.24) is 0 Å². The van der Waals surface area contributed by atoms with Gasteiger partial charge in [0.1, 0.15) is 29.7 Å². The molecule has 2 aliphatic heterocycles. The predicted molar refractivity (Wildman–Crippen MR) is 154 cm³/mol. The molecule has 6 rings (SSSR count). The van der Waals surface area contributed by atoms with Crippen LogP contribution in [0.1, 0.15) is 47.4 Å². The molecule has 0 aromatic heterocycles. The Kier molecular flexibility index (Phi) is 7.59. The van der Waals surface area contributed by atoms with Crippen LogP contribution in [0.25, 0.3) is 11.1 Å². The molecule has 0 spiro atoms. The fraction of sp³-hybridized carbons (Fsp3) is 0.406. The molecule has 2 fully saturated rings. The van der Waals surface area contributed by atoms with Crippen molar-refractivity contribution in [2.75, 3.05) is 18.1 Å². The van der Waals surface area contributed by atoms with Crippen LogP contribution in [-0.4, -0.2) is 56.1 Å². The standard InChI is InChI=1S/C32H33FO8S/c1-18-12-22(41-32(37,38)31(36)7-10-42-11-8-31)14-20-6-9-39-28-5-2-19(13-26(28)29(18)20)17-40-21-3-4-23(27(33)15-21)24-16-25(24)30(34)35/h2-5,12-15,24-25,36-38H,6-11,16-17H2,1H3,(H,34,35). The number of rotatable bonds is 8. The second kappa shape index (κ2) is 11.1. The summed E-state index contributed by atoms with van der Waals surface area (Å²) in [4.78, 5) is 11.2. The number of carboxylic acid groups (broad SMARTS) is 1. The maximum atomic E-state index is 14.7. The van der Waals surface area contributed by atoms with E-state index in [4.69, 9.17) is 19.3 Å². The number of ether oxygens (including phenoxy) is 3. The van der Waals surface area contributed by atoms with Gasteiger partial charge in [-0.2, -0.15) is 11.8 Å². The maximum absolute atomic E-state index is 14.7. The second-order valence-corrected chi connectivity index (χ2v) is 12.5. The van der Waals surface area contributed by atoms with Crippen LogP contribution in [-0.2, 0) is 17.8 Å². The lowest BCUT2D eigenvalue weighted by atomic mass is 9.91. The van der Waals surface area contributed by atoms with Gasteiger partial charge in [-0.1, -0.05) is 12.1 Å². The van der Waals surface area contributed by atoms with E-state index in [0.29, 0.717) is 48.0 Å². The first-order valence-electron chi connectivity index (χ1n) is 14.0. The number of halogens is 1. The third kappa shape index (κ3) is 5.56. The smallest absolute Gasteiger partial charge is 0.352 e. The number of carboxylic acids is 1. The summed E-state index contributed by atoms with van der Waals surface area (Å²) in [5.41, 5.74) is 3.02. The fourth-order valence-electron chi connectivity index (χ4n) is 5.90. The number of hydrogen-bond acceptors (Lipinski definition) is 8. The zero-order chi connectivity index (χ0) is 29.6. The fourth-order valence-corrected chi connectivity index (χ4v) is 7.06. The molecule has 2 atom stereocenters. The van der Waals surface area contributed by atoms with E-state index in [0.717, 1.165) is 27.8 Å². The Morgan fingerprint density at radius 1 is 1.12 bits per heavy atom. The summed E-state index contributed by atoms with van der Waals surface area (Å²) in [6.45, 7) is 2.50. The lowest BCUT2D eigenvalue weighted by Gasteiger charge is -2.40. The van der Waals surface area contributed by atoms with E-state index >= 15 is 0 Å². The molecule has 2 heterocycles. The Morgan fingerprint density at radius 2 is 1.90 bits per heavy atom. The summed E-state index contributed by atoms with van der Waals surface area (Å²) >= 11 is 1.65. The van der Waals surface area contributed by atoms with Crippen molar-refractivity contribution in [2.24, 2.45) is 5.92 Å². The molecule has 10 heteroatoms. The third-order valence-corrected chi connectivity index (χ3v) is 9.39. The molecule has 1 saturated carbocycles. The van der Waals surface area contributed by atoms with Gasteiger partial charge in [-0.15, -0.1) is 0 Å². The largest absolute Gasteiger partial charge is 0.493 e. The average molecular weight is 597 g/mol. The number of carbonyl (C=O) groups is 1. The van der Waals surface area contributed by atoms with Crippen LogP contribution in [0.15, 0.2) is 48.5 Å². The van der Waals surface area contributed by atoms with Gasteiger partial charge in [0.15, 0.2) is 5.60 Å². The molecule has 1 aliphatic carbocycles. The van der Waals surface area contributed by atoms with Crippen LogP contribution in [0, 0.1) is 18.7 Å². The number of aliphatic hydroxyl groups is 3. The number of thioether (sulfide) groups is 1. The van der Waals surface area contributed by atoms with Gasteiger partial charge in [-0.05, 0) is 95.8 Å². The minimum atomic E-state index is -2.73. The Labute approximate surface area is 247 Å². The summed E-state index contributed by atoms with van der Waals surface area (Å²) in [7, 11) is 0. The van der Waals surface area contributed by atoms with Crippen LogP contribution in [0.5, 0.6) is 17.2 Å². The lowest BCUT2D eigenvalue weighted by Crippen LogP contribution is -2.59. The minimum absolute atomic E-state index is 0.178. The summed E-state index contributed by atoms with van der Waals surface area (Å²) in [5, 5.41) is 41.5. The molecule has 0 bridgehead atoms. The van der Waals surface area contributed by atoms with E-state index in [1.54, 1.807) is 36.0 Å². The molecule has 222 valence electrons. The highest BCUT2D eigenvalue weighted by Crippen LogP contribution is 2.49. The number of benzene rings is 3. The second-order valence-electron chi connectivity index (χ2n) is 11.3. The molecule has 3 aromatic carbocycles. The zero-order valence-electron chi connectivity index (χ0n) is 23.1. The Hall–Kier alpha value is -3.31. The first-order valence-corrected chi connectivity index (χ1v) is 15.2. The molecule has 1 saturated heterocycles. The van der Waals surface area contributed by atoms with Crippen LogP contribution in [0.4, 0.5) is 4.39 Å². The van der Waals surface area contributed by atoms with Gasteiger partial charge >= 0.3 is 11.9 Å². The third-order valence-electron chi connectivity index (χ3n) is 8.40. The molecule has 2 unspecified atom stereocenters. The number of aliphatic carboxylic acids is 1. The SMILES string of the molecule is Cc1cc(OC(O)(O)C2(O)CCSCC2)cc2c1-c1cc(COc3ccc(C4CC4C(=O)O)c(F)c3)ccc1OCC2. The molecule has 3 aromatic rings. The summed E-state index contributed by atoms with van der Waals surface area (Å²) in [6, 6.07) is 13.8. The van der Waals surface area contributed by atoms with Gasteiger partial charge in [0, 0.05) is 24.0 Å². The Morgan fingerprint density at radius 3 is 2.62 bits per heavy atom. The highest BCUT2D eigenvalue weighted by atomic mass is 32.2. The number of fused-ring (bicyclic) bond motifs is 3. The van der Waals surface area contributed by atoms with Crippen LogP contribution < -0.4 is 14.2 Å². The van der Waals surface area contributed by atoms with E-state index in [9.17, 15) is 24.5 Å². The van der Waals surface area contributed by atoms with Crippen molar-refractivity contribution in [3.05, 3.63) is 76.6 Å². The monoisotopic (exact) mass is 596 g/mol. The van der Waals surface area contributed by atoms with Crippen LogP contribution in [0.2, 0.25) is 0 Å². The van der Waals surface area contributed by atoms with Gasteiger partial charge in [0.25, 0.3) is 0 Å². The molecule has 3 aliphatic rings. The molecular formula is C32H33FO8S. The van der Waals surface area contributed by atoms with Crippen molar-refractivity contribution in [1.29, 1.82) is 0 Å². The van der Waals surface area contributed by atoms with Crippen LogP contribution in [0.3, 0.4) is 0 Å². The quantitative estimate of drug-likeness (QED) is 0.272. The van der Waals surface area contributed by atoms with Crippen molar-refractivity contribution in [3.63, 3.8) is 0 Å². The number of hydrogen-bond donors (Lipinski definition) is 4. The van der Waals surface area contributed by atoms with E-state index < -0.39 is 29.3 Å². The van der Waals surface area contributed by atoms with Crippen molar-refractivity contribution in [3.8, 4) is 28.4 Å². The Bertz CT molecular complexity index is 1520. The highest BCUT2D eigenvalue weighted by molar-refractivity contribution is 7.99. The minimum Gasteiger partial charge on any atom is -0.493 e. The molecule has 4 N–H and O–H groups in total. The predicted octanol–water partition coefficient (Wildman–Crippen LogP) is 4.78. The molecule has 42 heavy (non-hydrogen) atoms. The van der Waals surface area contributed by atoms with E-state index in [1.807, 2.05) is 25.1 Å². The summed E-state index contributed by atoms with van der Waals surface area (Å²) in [6.07, 6.45) is 1.43. The molecule has 0 radical (unpaired) electrons. The van der Waals surface area contributed by atoms with E-state index in [2.05, 4.69) is 0 Å². The van der Waals surface area contributed by atoms with E-state index in [-0.39, 0.29) is 31.1 Å². The summed E-state index contributed by atoms with van der Waals surface area (Å²) in [5.74, 6) is -2.40. The van der Waals surface area contributed by atoms with Crippen molar-refractivity contribution >= 4 is 17.7 Å². The first-order chi connectivity index (χ1) is 20.0. The van der Waals surface area contributed by atoms with Crippen LogP contribution >= 0.6 is 11.8 Å². The molecular weight excluding hydrogens is 563 g/mol. The normalized spacial score (nSPS) is 20.9. The Balaban J connectivity index is 1.21. The topological polar surface area (TPSA) is 126 Å². The van der Waals surface area contributed by atoms with Crippen molar-refractivity contribution < 1.29 is 43.8 Å². The number of aryl methyl sites for hydroxylation is 1. The van der Waals surface area contributed by atoms with E-state index in [1.165, 1.54) is 6.07 Å². The summed E-state index contributed by atoms with van der Waals surface area (Å²) < 4.78 is 32.2. The molecule has 0 amide bonds. The van der Waals surface area contributed by atoms with Crippen molar-refractivity contribution in [2.45, 2.75) is 56.7 Å². The molecule has 8 nitrogen and oxygen atoms in total. The average Bonchev–Trinajstić information content (AvgIpc) is 3.75. The zero-order valence-corrected chi connectivity index (χ0v) is 24.0. The van der Waals surface area contributed by atoms with Gasteiger partial charge in [0.2, 0.25) is 0 Å². The first kappa shape index (κ1) is 28.8. The maximum Gasteiger partial charge on any atom is 0.352 e.